The van der Waals surface area contributed by atoms with Gasteiger partial charge < -0.3 is 21.4 Å². The van der Waals surface area contributed by atoms with Crippen molar-refractivity contribution in [1.29, 1.82) is 5.41 Å². The summed E-state index contributed by atoms with van der Waals surface area (Å²) in [6, 6.07) is 11.1. The Bertz CT molecular complexity index is 1640. The molecule has 43 heavy (non-hydrogen) atoms. The fourth-order valence-electron chi connectivity index (χ4n) is 4.72. The number of amidine groups is 1. The monoisotopic (exact) mass is 613 g/mol. The van der Waals surface area contributed by atoms with Gasteiger partial charge in [-0.05, 0) is 74.1 Å². The Morgan fingerprint density at radius 3 is 2.63 bits per heavy atom. The highest BCUT2D eigenvalue weighted by molar-refractivity contribution is 6.31. The molecule has 0 fully saturated rings. The summed E-state index contributed by atoms with van der Waals surface area (Å²) in [7, 11) is 0. The van der Waals surface area contributed by atoms with Gasteiger partial charge in [-0.3, -0.25) is 9.98 Å². The number of benzene rings is 2. The third-order valence-corrected chi connectivity index (χ3v) is 7.40. The molecule has 8 nitrogen and oxygen atoms in total. The van der Waals surface area contributed by atoms with Crippen molar-refractivity contribution in [1.82, 2.24) is 25.2 Å². The molecule has 0 aliphatic heterocycles. The lowest BCUT2D eigenvalue weighted by Gasteiger charge is -2.15. The summed E-state index contributed by atoms with van der Waals surface area (Å²) in [5.74, 6) is -0.216. The largest absolute Gasteiger partial charge is 0.374 e. The van der Waals surface area contributed by atoms with Crippen LogP contribution in [-0.2, 0) is 13.0 Å². The molecular formula is C31H35ClF3N7O. The van der Waals surface area contributed by atoms with E-state index in [1.54, 1.807) is 25.3 Å². The molecule has 0 saturated carbocycles. The van der Waals surface area contributed by atoms with Gasteiger partial charge in [-0.2, -0.15) is 4.98 Å². The molecule has 6 N–H and O–H groups in total. The van der Waals surface area contributed by atoms with Crippen molar-refractivity contribution < 1.29 is 13.2 Å². The number of nitrogens with two attached hydrogens (primary N) is 1. The first-order valence-electron chi connectivity index (χ1n) is 13.9. The topological polar surface area (TPSA) is 125 Å². The number of hydrogen-bond donors (Lipinski definition) is 5. The standard InChI is InChI=1S/C31H35ClF3N7O/c1-3-22(11-12-38-18(2)36)39-16-19-7-9-23(10-8-19)42-17-21-15-27(40-30(21)41-31(42)43)24-13-20(14-25(32)28(24)33)5-4-6-26(37)29(34)35/h3,7-10,13-15,17,22,26,29,39H,1,4-6,11-12,16,37H2,2H3,(H2,36,38)(H,40,41,43)/t22-,26-/m0/s1. The summed E-state index contributed by atoms with van der Waals surface area (Å²) in [4.78, 5) is 20.1. The number of H-pyrrole nitrogens is 1. The smallest absolute Gasteiger partial charge is 0.354 e. The van der Waals surface area contributed by atoms with Gasteiger partial charge in [0, 0.05) is 36.3 Å². The number of aromatic nitrogens is 3. The maximum atomic E-state index is 15.1. The second-order valence-electron chi connectivity index (χ2n) is 10.4. The van der Waals surface area contributed by atoms with Crippen LogP contribution in [0.4, 0.5) is 13.2 Å². The summed E-state index contributed by atoms with van der Waals surface area (Å²) in [5.41, 5.74) is 8.12. The zero-order chi connectivity index (χ0) is 31.1. The molecule has 12 heteroatoms. The van der Waals surface area contributed by atoms with E-state index in [2.05, 4.69) is 27.2 Å². The van der Waals surface area contributed by atoms with Crippen LogP contribution in [0.1, 0.15) is 37.3 Å². The van der Waals surface area contributed by atoms with Crippen LogP contribution in [0.5, 0.6) is 0 Å². The number of fused-ring (bicyclic) bond motifs is 1. The number of halogens is 4. The molecule has 2 atom stereocenters. The maximum Gasteiger partial charge on any atom is 0.354 e. The first-order valence-corrected chi connectivity index (χ1v) is 14.3. The molecular weight excluding hydrogens is 579 g/mol. The molecule has 0 aliphatic carbocycles. The average Bonchev–Trinajstić information content (AvgIpc) is 3.38. The predicted octanol–water partition coefficient (Wildman–Crippen LogP) is 5.71. The van der Waals surface area contributed by atoms with Crippen LogP contribution in [0.25, 0.3) is 28.0 Å². The van der Waals surface area contributed by atoms with Crippen LogP contribution in [0.3, 0.4) is 0 Å². The molecule has 0 bridgehead atoms. The summed E-state index contributed by atoms with van der Waals surface area (Å²) < 4.78 is 41.9. The number of nitrogens with one attached hydrogen (secondary N) is 4. The summed E-state index contributed by atoms with van der Waals surface area (Å²) in [6.07, 6.45) is 2.59. The number of hydrogen-bond acceptors (Lipinski definition) is 5. The first kappa shape index (κ1) is 32.0. The van der Waals surface area contributed by atoms with Crippen molar-refractivity contribution in [2.75, 3.05) is 6.54 Å². The van der Waals surface area contributed by atoms with E-state index in [1.807, 2.05) is 30.3 Å². The first-order chi connectivity index (χ1) is 20.5. The van der Waals surface area contributed by atoms with Crippen LogP contribution in [0, 0.1) is 11.2 Å². The molecule has 2 aromatic carbocycles. The number of nitrogens with zero attached hydrogens (tertiary/aromatic N) is 2. The lowest BCUT2D eigenvalue weighted by molar-refractivity contribution is 0.111. The quantitative estimate of drug-likeness (QED) is 0.0708. The maximum absolute atomic E-state index is 15.1. The number of aromatic amines is 1. The second-order valence-corrected chi connectivity index (χ2v) is 10.8. The van der Waals surface area contributed by atoms with E-state index in [1.165, 1.54) is 10.6 Å². The van der Waals surface area contributed by atoms with Crippen molar-refractivity contribution in [3.05, 3.63) is 93.8 Å². The fraction of sp³-hybridized carbons (Fsp3) is 0.323. The zero-order valence-corrected chi connectivity index (χ0v) is 24.5. The Balaban J connectivity index is 1.50. The van der Waals surface area contributed by atoms with E-state index < -0.39 is 24.0 Å². The van der Waals surface area contributed by atoms with E-state index in [0.29, 0.717) is 59.7 Å². The lowest BCUT2D eigenvalue weighted by Crippen LogP contribution is -2.31. The van der Waals surface area contributed by atoms with Crippen LogP contribution < -0.4 is 22.1 Å². The van der Waals surface area contributed by atoms with Gasteiger partial charge in [-0.25, -0.2) is 18.0 Å². The highest BCUT2D eigenvalue weighted by Gasteiger charge is 2.17. The Morgan fingerprint density at radius 2 is 1.95 bits per heavy atom. The number of alkyl halides is 2. The van der Waals surface area contributed by atoms with Gasteiger partial charge in [0.05, 0.1) is 28.3 Å². The molecule has 0 aliphatic rings. The Hall–Kier alpha value is -3.93. The molecule has 0 amide bonds. The molecule has 2 heterocycles. The second kappa shape index (κ2) is 14.5. The zero-order valence-electron chi connectivity index (χ0n) is 23.8. The molecule has 4 rings (SSSR count). The van der Waals surface area contributed by atoms with Crippen molar-refractivity contribution in [3.63, 3.8) is 0 Å². The molecule has 0 radical (unpaired) electrons. The lowest BCUT2D eigenvalue weighted by atomic mass is 10.0. The van der Waals surface area contributed by atoms with Crippen molar-refractivity contribution in [3.8, 4) is 16.9 Å². The highest BCUT2D eigenvalue weighted by Crippen LogP contribution is 2.31. The third kappa shape index (κ3) is 8.34. The molecule has 4 aromatic rings. The fourth-order valence-corrected chi connectivity index (χ4v) is 4.96. The molecule has 0 saturated heterocycles. The van der Waals surface area contributed by atoms with E-state index in [4.69, 9.17) is 22.7 Å². The minimum Gasteiger partial charge on any atom is -0.374 e. The summed E-state index contributed by atoms with van der Waals surface area (Å²) >= 11 is 6.16. The van der Waals surface area contributed by atoms with E-state index >= 15 is 4.39 Å². The van der Waals surface area contributed by atoms with Gasteiger partial charge in [0.15, 0.2) is 5.82 Å². The Labute approximate surface area is 252 Å². The summed E-state index contributed by atoms with van der Waals surface area (Å²) in [5, 5.41) is 14.4. The minimum atomic E-state index is -2.60. The predicted molar refractivity (Wildman–Crippen MR) is 166 cm³/mol. The van der Waals surface area contributed by atoms with Gasteiger partial charge in [0.2, 0.25) is 0 Å². The molecule has 0 spiro atoms. The minimum absolute atomic E-state index is 0.0766. The molecule has 2 aromatic heterocycles. The highest BCUT2D eigenvalue weighted by atomic mass is 35.5. The molecule has 228 valence electrons. The SMILES string of the molecule is C=C[C@@H](CCNC(C)=N)NCc1ccc(-n2cc3cc(-c4cc(CCC[C@H](N)C(F)F)cc(Cl)c4F)[nH]c3nc2=O)cc1. The molecule has 0 unspecified atom stereocenters. The normalized spacial score (nSPS) is 12.9. The van der Waals surface area contributed by atoms with Gasteiger partial charge in [0.1, 0.15) is 5.65 Å². The van der Waals surface area contributed by atoms with Crippen molar-refractivity contribution in [2.24, 2.45) is 5.73 Å². The third-order valence-electron chi connectivity index (χ3n) is 7.13. The van der Waals surface area contributed by atoms with Crippen molar-refractivity contribution >= 4 is 28.5 Å². The Morgan fingerprint density at radius 1 is 1.21 bits per heavy atom. The van der Waals surface area contributed by atoms with Crippen LogP contribution in [0.2, 0.25) is 5.02 Å². The van der Waals surface area contributed by atoms with Crippen LogP contribution in [-0.4, -0.2) is 45.4 Å². The average molecular weight is 614 g/mol. The van der Waals surface area contributed by atoms with Gasteiger partial charge in [0.25, 0.3) is 6.43 Å². The van der Waals surface area contributed by atoms with Gasteiger partial charge in [-0.15, -0.1) is 6.58 Å². The number of rotatable bonds is 14. The van der Waals surface area contributed by atoms with Gasteiger partial charge in [-0.1, -0.05) is 29.8 Å². The Kier molecular flexibility index (Phi) is 10.8. The van der Waals surface area contributed by atoms with E-state index in [-0.39, 0.29) is 23.0 Å². The summed E-state index contributed by atoms with van der Waals surface area (Å²) in [6.45, 7) is 6.83. The van der Waals surface area contributed by atoms with E-state index in [0.717, 1.165) is 12.0 Å². The van der Waals surface area contributed by atoms with Crippen molar-refractivity contribution in [2.45, 2.75) is 57.7 Å². The van der Waals surface area contributed by atoms with Crippen LogP contribution in [0.15, 0.2) is 66.1 Å². The van der Waals surface area contributed by atoms with Gasteiger partial charge >= 0.3 is 5.69 Å². The van der Waals surface area contributed by atoms with Crippen LogP contribution >= 0.6 is 11.6 Å². The van der Waals surface area contributed by atoms with E-state index in [9.17, 15) is 13.6 Å². The number of aryl methyl sites for hydroxylation is 1.